The molecule has 0 bridgehead atoms. The van der Waals surface area contributed by atoms with Crippen LogP contribution in [-0.2, 0) is 13.0 Å². The monoisotopic (exact) mass is 271 g/mol. The summed E-state index contributed by atoms with van der Waals surface area (Å²) in [5.41, 5.74) is 2.53. The fraction of sp³-hybridized carbons (Fsp3) is 0.471. The standard InChI is InChI=1S/C17H25N3/c1-4-18-17(14(2)3)15-8-11-20(13-15)12-9-16-7-5-6-10-19-16/h5-8,10-11,13-14,17-18H,4,9,12H2,1-3H3. The molecule has 1 atom stereocenters. The van der Waals surface area contributed by atoms with E-state index in [2.05, 4.69) is 60.2 Å². The van der Waals surface area contributed by atoms with Crippen LogP contribution in [-0.4, -0.2) is 16.1 Å². The Bertz CT molecular complexity index is 502. The Morgan fingerprint density at radius 3 is 2.75 bits per heavy atom. The molecule has 2 aromatic heterocycles. The quantitative estimate of drug-likeness (QED) is 0.836. The first kappa shape index (κ1) is 14.8. The Morgan fingerprint density at radius 2 is 2.10 bits per heavy atom. The van der Waals surface area contributed by atoms with Crippen LogP contribution in [0.5, 0.6) is 0 Å². The smallest absolute Gasteiger partial charge is 0.0421 e. The zero-order valence-electron chi connectivity index (χ0n) is 12.7. The van der Waals surface area contributed by atoms with Gasteiger partial charge in [0.15, 0.2) is 0 Å². The average molecular weight is 271 g/mol. The average Bonchev–Trinajstić information content (AvgIpc) is 2.92. The van der Waals surface area contributed by atoms with Crippen molar-refractivity contribution < 1.29 is 0 Å². The number of nitrogens with zero attached hydrogens (tertiary/aromatic N) is 2. The largest absolute Gasteiger partial charge is 0.354 e. The van der Waals surface area contributed by atoms with Crippen LogP contribution in [0.25, 0.3) is 0 Å². The fourth-order valence-electron chi connectivity index (χ4n) is 2.53. The van der Waals surface area contributed by atoms with Gasteiger partial charge in [-0.05, 0) is 36.2 Å². The highest BCUT2D eigenvalue weighted by Crippen LogP contribution is 2.21. The Labute approximate surface area is 122 Å². The molecule has 0 saturated carbocycles. The third-order valence-corrected chi connectivity index (χ3v) is 3.58. The van der Waals surface area contributed by atoms with E-state index in [1.807, 2.05) is 18.3 Å². The number of nitrogens with one attached hydrogen (secondary N) is 1. The number of aryl methyl sites for hydroxylation is 2. The zero-order valence-corrected chi connectivity index (χ0v) is 12.7. The molecule has 2 heterocycles. The third-order valence-electron chi connectivity index (χ3n) is 3.58. The predicted octanol–water partition coefficient (Wildman–Crippen LogP) is 3.43. The molecule has 0 aliphatic heterocycles. The topological polar surface area (TPSA) is 29.9 Å². The number of aromatic nitrogens is 2. The Morgan fingerprint density at radius 1 is 1.25 bits per heavy atom. The summed E-state index contributed by atoms with van der Waals surface area (Å²) < 4.78 is 2.26. The molecular formula is C17H25N3. The van der Waals surface area contributed by atoms with Gasteiger partial charge in [0, 0.05) is 43.3 Å². The zero-order chi connectivity index (χ0) is 14.4. The number of hydrogen-bond acceptors (Lipinski definition) is 2. The van der Waals surface area contributed by atoms with Crippen molar-refractivity contribution in [2.45, 2.75) is 39.8 Å². The second kappa shape index (κ2) is 7.25. The van der Waals surface area contributed by atoms with E-state index in [9.17, 15) is 0 Å². The summed E-state index contributed by atoms with van der Waals surface area (Å²) in [5.74, 6) is 0.599. The highest BCUT2D eigenvalue weighted by molar-refractivity contribution is 5.16. The van der Waals surface area contributed by atoms with Gasteiger partial charge in [0.1, 0.15) is 0 Å². The van der Waals surface area contributed by atoms with E-state index >= 15 is 0 Å². The van der Waals surface area contributed by atoms with Crippen LogP contribution in [0.2, 0.25) is 0 Å². The van der Waals surface area contributed by atoms with Gasteiger partial charge in [-0.2, -0.15) is 0 Å². The van der Waals surface area contributed by atoms with Crippen LogP contribution in [0.15, 0.2) is 42.9 Å². The fourth-order valence-corrected chi connectivity index (χ4v) is 2.53. The van der Waals surface area contributed by atoms with Crippen molar-refractivity contribution in [3.8, 4) is 0 Å². The molecule has 20 heavy (non-hydrogen) atoms. The molecule has 0 radical (unpaired) electrons. The van der Waals surface area contributed by atoms with E-state index in [1.165, 1.54) is 5.56 Å². The molecule has 0 spiro atoms. The van der Waals surface area contributed by atoms with Gasteiger partial charge in [0.25, 0.3) is 0 Å². The Kier molecular flexibility index (Phi) is 5.36. The van der Waals surface area contributed by atoms with Crippen LogP contribution >= 0.6 is 0 Å². The summed E-state index contributed by atoms with van der Waals surface area (Å²) in [6, 6.07) is 8.76. The molecule has 0 aliphatic carbocycles. The van der Waals surface area contributed by atoms with Gasteiger partial charge in [0.05, 0.1) is 0 Å². The molecule has 0 saturated heterocycles. The predicted molar refractivity (Wildman–Crippen MR) is 83.6 cm³/mol. The van der Waals surface area contributed by atoms with Crippen LogP contribution in [0.3, 0.4) is 0 Å². The van der Waals surface area contributed by atoms with Crippen LogP contribution in [0.1, 0.15) is 38.1 Å². The van der Waals surface area contributed by atoms with Crippen LogP contribution in [0.4, 0.5) is 0 Å². The molecule has 2 rings (SSSR count). The lowest BCUT2D eigenvalue weighted by atomic mass is 9.98. The van der Waals surface area contributed by atoms with E-state index in [0.29, 0.717) is 12.0 Å². The SMILES string of the molecule is CCNC(c1ccn(CCc2ccccn2)c1)C(C)C. The molecule has 108 valence electrons. The van der Waals surface area contributed by atoms with Gasteiger partial charge >= 0.3 is 0 Å². The first-order valence-corrected chi connectivity index (χ1v) is 7.49. The van der Waals surface area contributed by atoms with Crippen molar-refractivity contribution >= 4 is 0 Å². The minimum atomic E-state index is 0.441. The highest BCUT2D eigenvalue weighted by Gasteiger charge is 2.15. The van der Waals surface area contributed by atoms with E-state index in [1.54, 1.807) is 0 Å². The van der Waals surface area contributed by atoms with Crippen molar-refractivity contribution in [3.05, 3.63) is 54.1 Å². The van der Waals surface area contributed by atoms with E-state index < -0.39 is 0 Å². The van der Waals surface area contributed by atoms with E-state index in [0.717, 1.165) is 25.2 Å². The van der Waals surface area contributed by atoms with Gasteiger partial charge in [-0.1, -0.05) is 26.8 Å². The highest BCUT2D eigenvalue weighted by atomic mass is 15.0. The number of pyridine rings is 1. The molecule has 2 aromatic rings. The van der Waals surface area contributed by atoms with Crippen molar-refractivity contribution in [1.82, 2.24) is 14.9 Å². The molecule has 0 aromatic carbocycles. The summed E-state index contributed by atoms with van der Waals surface area (Å²) >= 11 is 0. The van der Waals surface area contributed by atoms with Crippen molar-refractivity contribution in [2.24, 2.45) is 5.92 Å². The second-order valence-corrected chi connectivity index (χ2v) is 5.53. The van der Waals surface area contributed by atoms with Gasteiger partial charge in [-0.15, -0.1) is 0 Å². The minimum Gasteiger partial charge on any atom is -0.354 e. The van der Waals surface area contributed by atoms with Crippen molar-refractivity contribution in [1.29, 1.82) is 0 Å². The molecule has 0 fully saturated rings. The molecule has 0 amide bonds. The van der Waals surface area contributed by atoms with Crippen molar-refractivity contribution in [2.75, 3.05) is 6.54 Å². The first-order valence-electron chi connectivity index (χ1n) is 7.49. The number of rotatable bonds is 7. The van der Waals surface area contributed by atoms with Crippen molar-refractivity contribution in [3.63, 3.8) is 0 Å². The normalized spacial score (nSPS) is 12.8. The summed E-state index contributed by atoms with van der Waals surface area (Å²) in [4.78, 5) is 4.37. The number of hydrogen-bond donors (Lipinski definition) is 1. The van der Waals surface area contributed by atoms with Gasteiger partial charge in [-0.3, -0.25) is 4.98 Å². The van der Waals surface area contributed by atoms with Crippen LogP contribution < -0.4 is 5.32 Å². The lowest BCUT2D eigenvalue weighted by Gasteiger charge is -2.20. The van der Waals surface area contributed by atoms with Gasteiger partial charge < -0.3 is 9.88 Å². The Balaban J connectivity index is 1.98. The maximum atomic E-state index is 4.37. The summed E-state index contributed by atoms with van der Waals surface area (Å²) in [6.45, 7) is 8.67. The molecule has 3 heteroatoms. The molecule has 1 unspecified atom stereocenters. The third kappa shape index (κ3) is 3.94. The maximum absolute atomic E-state index is 4.37. The summed E-state index contributed by atoms with van der Waals surface area (Å²) in [5, 5.41) is 3.56. The van der Waals surface area contributed by atoms with Gasteiger partial charge in [-0.25, -0.2) is 0 Å². The molecule has 0 aliphatic rings. The first-order chi connectivity index (χ1) is 9.70. The Hall–Kier alpha value is -1.61. The van der Waals surface area contributed by atoms with E-state index in [-0.39, 0.29) is 0 Å². The second-order valence-electron chi connectivity index (χ2n) is 5.53. The molecule has 3 nitrogen and oxygen atoms in total. The lowest BCUT2D eigenvalue weighted by Crippen LogP contribution is -2.25. The van der Waals surface area contributed by atoms with Gasteiger partial charge in [0.2, 0.25) is 0 Å². The molecular weight excluding hydrogens is 246 g/mol. The van der Waals surface area contributed by atoms with E-state index in [4.69, 9.17) is 0 Å². The summed E-state index contributed by atoms with van der Waals surface area (Å²) in [7, 11) is 0. The molecule has 1 N–H and O–H groups in total. The maximum Gasteiger partial charge on any atom is 0.0421 e. The van der Waals surface area contributed by atoms with Crippen LogP contribution in [0, 0.1) is 5.92 Å². The lowest BCUT2D eigenvalue weighted by molar-refractivity contribution is 0.421. The minimum absolute atomic E-state index is 0.441. The summed E-state index contributed by atoms with van der Waals surface area (Å²) in [6.07, 6.45) is 7.26.